The maximum Gasteiger partial charge on any atom is 0.188 e. The van der Waals surface area contributed by atoms with Crippen LogP contribution in [0.25, 0.3) is 4.85 Å². The molecule has 0 spiro atoms. The Morgan fingerprint density at radius 1 is 1.50 bits per heavy atom. The molecule has 1 nitrogen and oxygen atoms in total. The summed E-state index contributed by atoms with van der Waals surface area (Å²) in [4.78, 5) is 3.32. The van der Waals surface area contributed by atoms with E-state index in [0.717, 1.165) is 9.26 Å². The fourth-order valence-corrected chi connectivity index (χ4v) is 1.15. The van der Waals surface area contributed by atoms with Crippen molar-refractivity contribution in [2.45, 2.75) is 6.92 Å². The van der Waals surface area contributed by atoms with Crippen LogP contribution in [0.15, 0.2) is 18.2 Å². The third kappa shape index (κ3) is 1.48. The Bertz CT molecular complexity index is 286. The van der Waals surface area contributed by atoms with Gasteiger partial charge >= 0.3 is 0 Å². The number of hydrogen-bond donors (Lipinski definition) is 0. The van der Waals surface area contributed by atoms with E-state index in [1.165, 1.54) is 5.56 Å². The molecule has 0 atom stereocenters. The summed E-state index contributed by atoms with van der Waals surface area (Å²) in [5, 5.41) is 0. The maximum atomic E-state index is 6.73. The molecule has 0 bridgehead atoms. The molecule has 50 valence electrons. The van der Waals surface area contributed by atoms with Crippen molar-refractivity contribution in [1.29, 1.82) is 0 Å². The zero-order valence-electron chi connectivity index (χ0n) is 5.56. The van der Waals surface area contributed by atoms with Crippen molar-refractivity contribution in [3.8, 4) is 0 Å². The fraction of sp³-hybridized carbons (Fsp3) is 0.125. The summed E-state index contributed by atoms with van der Waals surface area (Å²) in [5.41, 5.74) is 1.95. The molecule has 2 heteroatoms. The van der Waals surface area contributed by atoms with Gasteiger partial charge in [-0.15, -0.1) is 0 Å². The fourth-order valence-electron chi connectivity index (χ4n) is 0.651. The molecular weight excluding hydrogens is 237 g/mol. The lowest BCUT2D eigenvalue weighted by molar-refractivity contribution is 1.44. The predicted octanol–water partition coefficient (Wildman–Crippen LogP) is 3.15. The minimum atomic E-state index is 0.718. The third-order valence-electron chi connectivity index (χ3n) is 1.28. The summed E-state index contributed by atoms with van der Waals surface area (Å²) in [6.45, 7) is 8.77. The average molecular weight is 243 g/mol. The van der Waals surface area contributed by atoms with Crippen LogP contribution < -0.4 is 0 Å². The monoisotopic (exact) mass is 243 g/mol. The number of aryl methyl sites for hydroxylation is 1. The van der Waals surface area contributed by atoms with E-state index in [-0.39, 0.29) is 0 Å². The summed E-state index contributed by atoms with van der Waals surface area (Å²) in [6, 6.07) is 5.70. The van der Waals surface area contributed by atoms with E-state index in [9.17, 15) is 0 Å². The van der Waals surface area contributed by atoms with Crippen molar-refractivity contribution in [2.24, 2.45) is 0 Å². The molecule has 0 aliphatic heterocycles. The molecule has 0 saturated heterocycles. The van der Waals surface area contributed by atoms with E-state index in [1.54, 1.807) is 0 Å². The van der Waals surface area contributed by atoms with Crippen LogP contribution in [0.5, 0.6) is 0 Å². The van der Waals surface area contributed by atoms with Gasteiger partial charge in [0.2, 0.25) is 0 Å². The second-order valence-corrected chi connectivity index (χ2v) is 3.21. The maximum absolute atomic E-state index is 6.73. The summed E-state index contributed by atoms with van der Waals surface area (Å²) >= 11 is 2.23. The molecule has 0 aromatic heterocycles. The van der Waals surface area contributed by atoms with Gasteiger partial charge in [-0.1, -0.05) is 12.1 Å². The van der Waals surface area contributed by atoms with Gasteiger partial charge in [-0.25, -0.2) is 4.85 Å². The lowest BCUT2D eigenvalue weighted by Crippen LogP contribution is -1.75. The molecule has 0 N–H and O–H groups in total. The van der Waals surface area contributed by atoms with Crippen molar-refractivity contribution < 1.29 is 0 Å². The van der Waals surface area contributed by atoms with Gasteiger partial charge in [-0.3, -0.25) is 0 Å². The number of benzene rings is 1. The largest absolute Gasteiger partial charge is 0.238 e. The first kappa shape index (κ1) is 7.55. The zero-order valence-corrected chi connectivity index (χ0v) is 7.71. The highest BCUT2D eigenvalue weighted by molar-refractivity contribution is 14.1. The Kier molecular flexibility index (Phi) is 2.28. The molecule has 1 aromatic carbocycles. The standard InChI is InChI=1S/C8H6IN/c1-6-3-4-7(10-2)5-8(6)9/h3-5H,1H3. The SMILES string of the molecule is [C-]#[N+]c1ccc(C)c(I)c1. The van der Waals surface area contributed by atoms with E-state index in [0.29, 0.717) is 0 Å². The topological polar surface area (TPSA) is 4.36 Å². The highest BCUT2D eigenvalue weighted by Crippen LogP contribution is 2.18. The van der Waals surface area contributed by atoms with Crippen molar-refractivity contribution >= 4 is 28.3 Å². The summed E-state index contributed by atoms with van der Waals surface area (Å²) in [7, 11) is 0. The van der Waals surface area contributed by atoms with Crippen LogP contribution in [0.3, 0.4) is 0 Å². The Morgan fingerprint density at radius 3 is 2.70 bits per heavy atom. The van der Waals surface area contributed by atoms with Crippen LogP contribution in [-0.2, 0) is 0 Å². The van der Waals surface area contributed by atoms with Crippen LogP contribution in [0.2, 0.25) is 0 Å². The summed E-state index contributed by atoms with van der Waals surface area (Å²) < 4.78 is 1.16. The average Bonchev–Trinajstić information content (AvgIpc) is 1.95. The van der Waals surface area contributed by atoms with E-state index in [2.05, 4.69) is 27.4 Å². The minimum absolute atomic E-state index is 0.718. The van der Waals surface area contributed by atoms with Crippen LogP contribution in [-0.4, -0.2) is 0 Å². The molecule has 0 aliphatic rings. The third-order valence-corrected chi connectivity index (χ3v) is 2.45. The highest BCUT2D eigenvalue weighted by atomic mass is 127. The van der Waals surface area contributed by atoms with Gasteiger partial charge in [0.05, 0.1) is 6.57 Å². The molecule has 0 fully saturated rings. The molecule has 0 heterocycles. The van der Waals surface area contributed by atoms with Crippen molar-refractivity contribution in [3.05, 3.63) is 38.7 Å². The van der Waals surface area contributed by atoms with Crippen LogP contribution in [0.1, 0.15) is 5.56 Å². The Labute approximate surface area is 74.0 Å². The molecule has 0 amide bonds. The van der Waals surface area contributed by atoms with Gasteiger partial charge in [-0.05, 0) is 41.1 Å². The molecule has 0 unspecified atom stereocenters. The van der Waals surface area contributed by atoms with Gasteiger partial charge < -0.3 is 0 Å². The number of hydrogen-bond acceptors (Lipinski definition) is 0. The summed E-state index contributed by atoms with van der Waals surface area (Å²) in [6.07, 6.45) is 0. The number of halogens is 1. The van der Waals surface area contributed by atoms with Gasteiger partial charge in [-0.2, -0.15) is 0 Å². The Balaban J connectivity index is 3.20. The van der Waals surface area contributed by atoms with Crippen molar-refractivity contribution in [3.63, 3.8) is 0 Å². The van der Waals surface area contributed by atoms with E-state index in [1.807, 2.05) is 25.1 Å². The van der Waals surface area contributed by atoms with Crippen molar-refractivity contribution in [2.75, 3.05) is 0 Å². The van der Waals surface area contributed by atoms with Gasteiger partial charge in [0.1, 0.15) is 0 Å². The zero-order chi connectivity index (χ0) is 7.56. The quantitative estimate of drug-likeness (QED) is 0.487. The Hall–Kier alpha value is -0.560. The molecule has 1 rings (SSSR count). The number of nitrogens with zero attached hydrogens (tertiary/aromatic N) is 1. The lowest BCUT2D eigenvalue weighted by atomic mass is 10.2. The van der Waals surface area contributed by atoms with Crippen LogP contribution in [0.4, 0.5) is 5.69 Å². The molecule has 0 saturated carbocycles. The van der Waals surface area contributed by atoms with E-state index < -0.39 is 0 Å². The molecule has 1 aromatic rings. The first-order valence-corrected chi connectivity index (χ1v) is 3.95. The molecular formula is C8H6IN. The van der Waals surface area contributed by atoms with Crippen molar-refractivity contribution in [1.82, 2.24) is 0 Å². The number of rotatable bonds is 0. The van der Waals surface area contributed by atoms with E-state index in [4.69, 9.17) is 6.57 Å². The van der Waals surface area contributed by atoms with Gasteiger partial charge in [0.25, 0.3) is 0 Å². The predicted molar refractivity (Wildman–Crippen MR) is 50.2 cm³/mol. The smallest absolute Gasteiger partial charge is 0.188 e. The minimum Gasteiger partial charge on any atom is -0.238 e. The highest BCUT2D eigenvalue weighted by Gasteiger charge is 1.94. The molecule has 0 aliphatic carbocycles. The van der Waals surface area contributed by atoms with Crippen LogP contribution in [0, 0.1) is 17.1 Å². The van der Waals surface area contributed by atoms with Crippen LogP contribution >= 0.6 is 22.6 Å². The normalized spacial score (nSPS) is 8.90. The van der Waals surface area contributed by atoms with E-state index >= 15 is 0 Å². The second kappa shape index (κ2) is 3.02. The first-order chi connectivity index (χ1) is 4.74. The molecule has 0 radical (unpaired) electrons. The van der Waals surface area contributed by atoms with Gasteiger partial charge in [0, 0.05) is 3.57 Å². The first-order valence-electron chi connectivity index (χ1n) is 2.87. The molecule has 10 heavy (non-hydrogen) atoms. The lowest BCUT2D eigenvalue weighted by Gasteiger charge is -1.95. The summed E-state index contributed by atoms with van der Waals surface area (Å²) in [5.74, 6) is 0. The Morgan fingerprint density at radius 2 is 2.20 bits per heavy atom. The second-order valence-electron chi connectivity index (χ2n) is 2.05. The van der Waals surface area contributed by atoms with Gasteiger partial charge in [0.15, 0.2) is 5.69 Å².